The van der Waals surface area contributed by atoms with Crippen molar-refractivity contribution < 1.29 is 4.74 Å². The number of rotatable bonds is 8. The summed E-state index contributed by atoms with van der Waals surface area (Å²) in [5, 5.41) is 6.39. The SMILES string of the molecule is CCCNc1nc(NCC2CC2)nc(OCC)n1. The molecule has 0 atom stereocenters. The topological polar surface area (TPSA) is 72.0 Å². The number of hydrogen-bond acceptors (Lipinski definition) is 6. The van der Waals surface area contributed by atoms with Gasteiger partial charge in [-0.1, -0.05) is 6.92 Å². The molecule has 100 valence electrons. The fraction of sp³-hybridized carbons (Fsp3) is 0.750. The summed E-state index contributed by atoms with van der Waals surface area (Å²) in [4.78, 5) is 12.8. The van der Waals surface area contributed by atoms with Crippen molar-refractivity contribution >= 4 is 11.9 Å². The van der Waals surface area contributed by atoms with Gasteiger partial charge in [-0.2, -0.15) is 15.0 Å². The Bertz CT molecular complexity index is 381. The lowest BCUT2D eigenvalue weighted by molar-refractivity contribution is 0.312. The van der Waals surface area contributed by atoms with E-state index in [0.29, 0.717) is 24.5 Å². The molecule has 0 aliphatic heterocycles. The van der Waals surface area contributed by atoms with E-state index in [1.165, 1.54) is 12.8 Å². The lowest BCUT2D eigenvalue weighted by Crippen LogP contribution is -2.12. The minimum Gasteiger partial charge on any atom is -0.464 e. The van der Waals surface area contributed by atoms with Crippen molar-refractivity contribution in [2.45, 2.75) is 33.1 Å². The van der Waals surface area contributed by atoms with E-state index in [2.05, 4.69) is 32.5 Å². The standard InChI is InChI=1S/C12H21N5O/c1-3-7-13-10-15-11(14-8-9-5-6-9)17-12(16-10)18-4-2/h9H,3-8H2,1-2H3,(H2,13,14,15,16,17). The molecule has 1 fully saturated rings. The zero-order valence-electron chi connectivity index (χ0n) is 11.1. The summed E-state index contributed by atoms with van der Waals surface area (Å²) in [7, 11) is 0. The fourth-order valence-electron chi connectivity index (χ4n) is 1.50. The van der Waals surface area contributed by atoms with Crippen LogP contribution in [0.25, 0.3) is 0 Å². The van der Waals surface area contributed by atoms with Gasteiger partial charge in [-0.05, 0) is 32.1 Å². The molecule has 0 saturated heterocycles. The second-order valence-corrected chi connectivity index (χ2v) is 4.45. The van der Waals surface area contributed by atoms with Crippen molar-refractivity contribution in [2.75, 3.05) is 30.3 Å². The Morgan fingerprint density at radius 3 is 2.44 bits per heavy atom. The summed E-state index contributed by atoms with van der Waals surface area (Å²) in [5.74, 6) is 1.96. The third kappa shape index (κ3) is 4.01. The first-order valence-electron chi connectivity index (χ1n) is 6.68. The number of hydrogen-bond donors (Lipinski definition) is 2. The zero-order chi connectivity index (χ0) is 12.8. The maximum atomic E-state index is 5.35. The zero-order valence-corrected chi connectivity index (χ0v) is 11.1. The maximum Gasteiger partial charge on any atom is 0.323 e. The summed E-state index contributed by atoms with van der Waals surface area (Å²) >= 11 is 0. The Morgan fingerprint density at radius 1 is 1.11 bits per heavy atom. The second-order valence-electron chi connectivity index (χ2n) is 4.45. The monoisotopic (exact) mass is 251 g/mol. The number of nitrogens with one attached hydrogen (secondary N) is 2. The van der Waals surface area contributed by atoms with Crippen LogP contribution in [0.5, 0.6) is 6.01 Å². The number of anilines is 2. The molecule has 18 heavy (non-hydrogen) atoms. The summed E-state index contributed by atoms with van der Waals surface area (Å²) in [6.07, 6.45) is 3.63. The first kappa shape index (κ1) is 12.9. The molecule has 6 nitrogen and oxygen atoms in total. The van der Waals surface area contributed by atoms with Crippen molar-refractivity contribution in [3.05, 3.63) is 0 Å². The van der Waals surface area contributed by atoms with Crippen LogP contribution < -0.4 is 15.4 Å². The Hall–Kier alpha value is -1.59. The van der Waals surface area contributed by atoms with Gasteiger partial charge in [0.1, 0.15) is 0 Å². The minimum absolute atomic E-state index is 0.379. The molecule has 2 N–H and O–H groups in total. The summed E-state index contributed by atoms with van der Waals surface area (Å²) in [5.41, 5.74) is 0. The van der Waals surface area contributed by atoms with E-state index in [4.69, 9.17) is 4.74 Å². The highest BCUT2D eigenvalue weighted by atomic mass is 16.5. The van der Waals surface area contributed by atoms with Gasteiger partial charge in [0.15, 0.2) is 0 Å². The molecule has 0 radical (unpaired) electrons. The van der Waals surface area contributed by atoms with Crippen LogP contribution in [0.4, 0.5) is 11.9 Å². The Kier molecular flexibility index (Phi) is 4.55. The van der Waals surface area contributed by atoms with Crippen LogP contribution in [0.2, 0.25) is 0 Å². The van der Waals surface area contributed by atoms with Crippen LogP contribution in [0.1, 0.15) is 33.1 Å². The largest absolute Gasteiger partial charge is 0.464 e. The summed E-state index contributed by atoms with van der Waals surface area (Å²) < 4.78 is 5.35. The Labute approximate surface area is 108 Å². The first-order chi connectivity index (χ1) is 8.81. The molecule has 1 aromatic rings. The summed E-state index contributed by atoms with van der Waals surface area (Å²) in [6.45, 7) is 6.35. The molecule has 1 aromatic heterocycles. The third-order valence-electron chi connectivity index (χ3n) is 2.67. The van der Waals surface area contributed by atoms with Crippen LogP contribution in [0.3, 0.4) is 0 Å². The molecule has 1 aliphatic carbocycles. The lowest BCUT2D eigenvalue weighted by Gasteiger charge is -2.09. The van der Waals surface area contributed by atoms with Crippen molar-refractivity contribution in [1.82, 2.24) is 15.0 Å². The van der Waals surface area contributed by atoms with Crippen LogP contribution >= 0.6 is 0 Å². The first-order valence-corrected chi connectivity index (χ1v) is 6.68. The Balaban J connectivity index is 2.01. The van der Waals surface area contributed by atoms with E-state index in [9.17, 15) is 0 Å². The fourth-order valence-corrected chi connectivity index (χ4v) is 1.50. The van der Waals surface area contributed by atoms with Gasteiger partial charge in [0, 0.05) is 13.1 Å². The van der Waals surface area contributed by atoms with E-state index in [1.54, 1.807) is 0 Å². The van der Waals surface area contributed by atoms with E-state index in [0.717, 1.165) is 25.4 Å². The smallest absolute Gasteiger partial charge is 0.323 e. The minimum atomic E-state index is 0.379. The molecule has 0 unspecified atom stereocenters. The van der Waals surface area contributed by atoms with Crippen LogP contribution in [-0.2, 0) is 0 Å². The van der Waals surface area contributed by atoms with Gasteiger partial charge < -0.3 is 15.4 Å². The number of ether oxygens (including phenoxy) is 1. The Morgan fingerprint density at radius 2 is 1.83 bits per heavy atom. The molecular weight excluding hydrogens is 230 g/mol. The molecule has 2 rings (SSSR count). The molecule has 1 heterocycles. The molecule has 0 aromatic carbocycles. The highest BCUT2D eigenvalue weighted by Crippen LogP contribution is 2.28. The van der Waals surface area contributed by atoms with E-state index >= 15 is 0 Å². The second kappa shape index (κ2) is 6.37. The van der Waals surface area contributed by atoms with Gasteiger partial charge in [0.05, 0.1) is 6.61 Å². The average Bonchev–Trinajstić information content (AvgIpc) is 3.18. The van der Waals surface area contributed by atoms with E-state index < -0.39 is 0 Å². The normalized spacial score (nSPS) is 14.3. The van der Waals surface area contributed by atoms with Crippen LogP contribution in [-0.4, -0.2) is 34.6 Å². The van der Waals surface area contributed by atoms with Crippen molar-refractivity contribution in [3.63, 3.8) is 0 Å². The maximum absolute atomic E-state index is 5.35. The molecule has 0 amide bonds. The van der Waals surface area contributed by atoms with Gasteiger partial charge >= 0.3 is 6.01 Å². The molecule has 1 aliphatic rings. The molecule has 6 heteroatoms. The molecule has 0 spiro atoms. The predicted octanol–water partition coefficient (Wildman–Crippen LogP) is 1.91. The van der Waals surface area contributed by atoms with Crippen LogP contribution in [0.15, 0.2) is 0 Å². The van der Waals surface area contributed by atoms with Crippen molar-refractivity contribution in [3.8, 4) is 6.01 Å². The molecular formula is C12H21N5O. The van der Waals surface area contributed by atoms with Gasteiger partial charge in [-0.25, -0.2) is 0 Å². The molecule has 1 saturated carbocycles. The van der Waals surface area contributed by atoms with Crippen molar-refractivity contribution in [2.24, 2.45) is 5.92 Å². The number of aromatic nitrogens is 3. The van der Waals surface area contributed by atoms with Gasteiger partial charge in [0.25, 0.3) is 0 Å². The highest BCUT2D eigenvalue weighted by Gasteiger charge is 2.21. The highest BCUT2D eigenvalue weighted by molar-refractivity contribution is 5.36. The van der Waals surface area contributed by atoms with E-state index in [1.807, 2.05) is 6.92 Å². The van der Waals surface area contributed by atoms with Gasteiger partial charge in [-0.15, -0.1) is 0 Å². The van der Waals surface area contributed by atoms with Gasteiger partial charge in [-0.3, -0.25) is 0 Å². The van der Waals surface area contributed by atoms with Crippen LogP contribution in [0, 0.1) is 5.92 Å². The third-order valence-corrected chi connectivity index (χ3v) is 2.67. The van der Waals surface area contributed by atoms with Gasteiger partial charge in [0.2, 0.25) is 11.9 Å². The predicted molar refractivity (Wildman–Crippen MR) is 71.0 cm³/mol. The lowest BCUT2D eigenvalue weighted by atomic mass is 10.4. The quantitative estimate of drug-likeness (QED) is 0.735. The molecule has 0 bridgehead atoms. The number of nitrogens with zero attached hydrogens (tertiary/aromatic N) is 3. The van der Waals surface area contributed by atoms with Crippen molar-refractivity contribution in [1.29, 1.82) is 0 Å². The summed E-state index contributed by atoms with van der Waals surface area (Å²) in [6, 6.07) is 0.379. The van der Waals surface area contributed by atoms with E-state index in [-0.39, 0.29) is 0 Å². The average molecular weight is 251 g/mol.